The van der Waals surface area contributed by atoms with E-state index in [0.29, 0.717) is 0 Å². The van der Waals surface area contributed by atoms with Crippen molar-refractivity contribution in [2.45, 2.75) is 60.8 Å². The Morgan fingerprint density at radius 1 is 1.21 bits per heavy atom. The molecule has 0 fully saturated rings. The zero-order valence-electron chi connectivity index (χ0n) is 16.0. The first-order valence-electron chi connectivity index (χ1n) is 9.07. The zero-order valence-corrected chi connectivity index (χ0v) is 16.8. The summed E-state index contributed by atoms with van der Waals surface area (Å²) in [6.07, 6.45) is 11.4. The normalized spacial score (nSPS) is 12.7. The second-order valence-corrected chi connectivity index (χ2v) is 6.59. The number of allylic oxidation sites excluding steroid dienone is 3. The van der Waals surface area contributed by atoms with Gasteiger partial charge >= 0.3 is 0 Å². The molecule has 3 rings (SSSR count). The molecule has 1 aliphatic carbocycles. The molecule has 130 valence electrons. The van der Waals surface area contributed by atoms with Crippen LogP contribution >= 0.6 is 11.3 Å². The fourth-order valence-corrected chi connectivity index (χ4v) is 3.98. The standard InChI is InChI=1S/C18H19NS.2C2H6/c1-12(11-19)7-8-14-10-16-15-5-3-4-6-17(15)20-18(16)9-13(14)2;2*1-2/h3,5,7,9-11,19H,4,6,8H2,1-2H3;2*1-2H3/b12-7-,19-11?;;. The van der Waals surface area contributed by atoms with Gasteiger partial charge in [0.2, 0.25) is 0 Å². The molecule has 0 aliphatic heterocycles. The van der Waals surface area contributed by atoms with Crippen molar-refractivity contribution in [1.82, 2.24) is 0 Å². The summed E-state index contributed by atoms with van der Waals surface area (Å²) in [6.45, 7) is 12.2. The maximum atomic E-state index is 7.26. The minimum Gasteiger partial charge on any atom is -0.308 e. The Bertz CT molecular complexity index is 732. The largest absolute Gasteiger partial charge is 0.308 e. The van der Waals surface area contributed by atoms with E-state index in [1.807, 2.05) is 46.0 Å². The first kappa shape index (κ1) is 20.4. The lowest BCUT2D eigenvalue weighted by Gasteiger charge is -2.06. The van der Waals surface area contributed by atoms with Crippen LogP contribution in [-0.2, 0) is 12.8 Å². The van der Waals surface area contributed by atoms with Crippen molar-refractivity contribution in [3.8, 4) is 0 Å². The van der Waals surface area contributed by atoms with E-state index in [1.54, 1.807) is 0 Å². The van der Waals surface area contributed by atoms with Gasteiger partial charge < -0.3 is 5.41 Å². The summed E-state index contributed by atoms with van der Waals surface area (Å²) in [4.78, 5) is 1.53. The van der Waals surface area contributed by atoms with Gasteiger partial charge in [-0.2, -0.15) is 0 Å². The molecule has 0 radical (unpaired) electrons. The van der Waals surface area contributed by atoms with Crippen LogP contribution in [0.2, 0.25) is 0 Å². The Morgan fingerprint density at radius 3 is 2.58 bits per heavy atom. The lowest BCUT2D eigenvalue weighted by molar-refractivity contribution is 1.02. The topological polar surface area (TPSA) is 23.9 Å². The average Bonchev–Trinajstić information content (AvgIpc) is 3.00. The van der Waals surface area contributed by atoms with Crippen LogP contribution in [0.3, 0.4) is 0 Å². The quantitative estimate of drug-likeness (QED) is 0.564. The highest BCUT2D eigenvalue weighted by Crippen LogP contribution is 2.37. The molecular formula is C22H31NS. The molecule has 24 heavy (non-hydrogen) atoms. The third-order valence-electron chi connectivity index (χ3n) is 3.96. The van der Waals surface area contributed by atoms with Crippen molar-refractivity contribution in [3.05, 3.63) is 51.4 Å². The predicted octanol–water partition coefficient (Wildman–Crippen LogP) is 7.36. The van der Waals surface area contributed by atoms with Crippen LogP contribution in [0.25, 0.3) is 16.2 Å². The minimum atomic E-state index is 0.914. The highest BCUT2D eigenvalue weighted by molar-refractivity contribution is 7.19. The van der Waals surface area contributed by atoms with Gasteiger partial charge in [0.25, 0.3) is 0 Å². The van der Waals surface area contributed by atoms with E-state index in [-0.39, 0.29) is 0 Å². The number of fused-ring (bicyclic) bond motifs is 3. The van der Waals surface area contributed by atoms with Crippen LogP contribution in [0.5, 0.6) is 0 Å². The summed E-state index contributed by atoms with van der Waals surface area (Å²) in [5.41, 5.74) is 5.19. The van der Waals surface area contributed by atoms with Crippen molar-refractivity contribution in [2.24, 2.45) is 0 Å². The molecule has 2 aromatic rings. The fraction of sp³-hybridized carbons (Fsp3) is 0.409. The molecule has 1 aromatic heterocycles. The first-order chi connectivity index (χ1) is 11.7. The number of nitrogens with one attached hydrogen (secondary N) is 1. The van der Waals surface area contributed by atoms with E-state index in [9.17, 15) is 0 Å². The Balaban J connectivity index is 0.000000671. The first-order valence-corrected chi connectivity index (χ1v) is 9.89. The van der Waals surface area contributed by atoms with Gasteiger partial charge in [-0.3, -0.25) is 0 Å². The molecular weight excluding hydrogens is 310 g/mol. The van der Waals surface area contributed by atoms with E-state index in [4.69, 9.17) is 5.41 Å². The number of thiophene rings is 1. The van der Waals surface area contributed by atoms with Gasteiger partial charge in [0, 0.05) is 21.2 Å². The summed E-state index contributed by atoms with van der Waals surface area (Å²) in [6, 6.07) is 4.68. The molecule has 0 spiro atoms. The van der Waals surface area contributed by atoms with E-state index in [1.165, 1.54) is 50.7 Å². The molecule has 2 heteroatoms. The Morgan fingerprint density at radius 2 is 1.92 bits per heavy atom. The molecule has 1 N–H and O–H groups in total. The summed E-state index contributed by atoms with van der Waals surface area (Å²) in [5, 5.41) is 8.66. The zero-order chi connectivity index (χ0) is 18.1. The number of hydrogen-bond acceptors (Lipinski definition) is 2. The van der Waals surface area contributed by atoms with E-state index in [0.717, 1.165) is 12.0 Å². The Hall–Kier alpha value is -1.67. The fourth-order valence-electron chi connectivity index (χ4n) is 2.69. The maximum absolute atomic E-state index is 7.26. The van der Waals surface area contributed by atoms with Gasteiger partial charge in [-0.25, -0.2) is 0 Å². The molecule has 0 atom stereocenters. The van der Waals surface area contributed by atoms with Gasteiger partial charge in [0.05, 0.1) is 0 Å². The van der Waals surface area contributed by atoms with Gasteiger partial charge in [0.1, 0.15) is 0 Å². The van der Waals surface area contributed by atoms with Gasteiger partial charge in [0.15, 0.2) is 0 Å². The lowest BCUT2D eigenvalue weighted by atomic mass is 9.98. The summed E-state index contributed by atoms with van der Waals surface area (Å²) >= 11 is 1.95. The van der Waals surface area contributed by atoms with Gasteiger partial charge in [-0.1, -0.05) is 45.9 Å². The average molecular weight is 342 g/mol. The van der Waals surface area contributed by atoms with Crippen LogP contribution in [0.15, 0.2) is 29.9 Å². The highest BCUT2D eigenvalue weighted by atomic mass is 32.1. The molecule has 0 bridgehead atoms. The van der Waals surface area contributed by atoms with Crippen molar-refractivity contribution < 1.29 is 0 Å². The molecule has 1 nitrogen and oxygen atoms in total. The van der Waals surface area contributed by atoms with Crippen LogP contribution < -0.4 is 0 Å². The third kappa shape index (κ3) is 4.67. The number of benzene rings is 1. The SMILES string of the molecule is C/C(C=N)=C/Cc1cc2c3c(sc2cc1C)CCC=C3.CC.CC. The molecule has 0 saturated heterocycles. The van der Waals surface area contributed by atoms with E-state index >= 15 is 0 Å². The maximum Gasteiger partial charge on any atom is 0.0354 e. The number of aryl methyl sites for hydroxylation is 2. The highest BCUT2D eigenvalue weighted by Gasteiger charge is 2.13. The molecule has 1 aliphatic rings. The van der Waals surface area contributed by atoms with Crippen LogP contribution in [0.4, 0.5) is 0 Å². The number of rotatable bonds is 3. The van der Waals surface area contributed by atoms with E-state index < -0.39 is 0 Å². The van der Waals surface area contributed by atoms with Gasteiger partial charge in [-0.05, 0) is 67.5 Å². The van der Waals surface area contributed by atoms with Crippen molar-refractivity contribution in [3.63, 3.8) is 0 Å². The third-order valence-corrected chi connectivity index (χ3v) is 5.18. The molecule has 1 heterocycles. The predicted molar refractivity (Wildman–Crippen MR) is 113 cm³/mol. The van der Waals surface area contributed by atoms with Crippen LogP contribution in [-0.4, -0.2) is 6.21 Å². The van der Waals surface area contributed by atoms with Crippen molar-refractivity contribution in [1.29, 1.82) is 5.41 Å². The smallest absolute Gasteiger partial charge is 0.0354 e. The second-order valence-electron chi connectivity index (χ2n) is 5.45. The lowest BCUT2D eigenvalue weighted by Crippen LogP contribution is -1.90. The summed E-state index contributed by atoms with van der Waals surface area (Å²) in [5.74, 6) is 0. The molecule has 1 aromatic carbocycles. The second kappa shape index (κ2) is 10.2. The number of hydrogen-bond donors (Lipinski definition) is 1. The van der Waals surface area contributed by atoms with Crippen molar-refractivity contribution in [2.75, 3.05) is 0 Å². The van der Waals surface area contributed by atoms with Gasteiger partial charge in [-0.15, -0.1) is 11.3 Å². The summed E-state index contributed by atoms with van der Waals surface area (Å²) in [7, 11) is 0. The molecule has 0 saturated carbocycles. The Labute approximate surface area is 151 Å². The monoisotopic (exact) mass is 341 g/mol. The van der Waals surface area contributed by atoms with Crippen LogP contribution in [0, 0.1) is 12.3 Å². The molecule has 0 unspecified atom stereocenters. The van der Waals surface area contributed by atoms with E-state index in [2.05, 4.69) is 37.3 Å². The van der Waals surface area contributed by atoms with Crippen molar-refractivity contribution >= 4 is 33.7 Å². The Kier molecular flexibility index (Phi) is 8.70. The van der Waals surface area contributed by atoms with Crippen LogP contribution in [0.1, 0.15) is 62.6 Å². The summed E-state index contributed by atoms with van der Waals surface area (Å²) < 4.78 is 1.41. The minimum absolute atomic E-state index is 0.914. The molecule has 0 amide bonds.